The molecule has 0 atom stereocenters. The van der Waals surface area contributed by atoms with Crippen molar-refractivity contribution in [2.45, 2.75) is 12.7 Å². The quantitative estimate of drug-likeness (QED) is 0.814. The van der Waals surface area contributed by atoms with Gasteiger partial charge in [-0.1, -0.05) is 6.07 Å². The number of alkyl halides is 3. The predicted octanol–water partition coefficient (Wildman–Crippen LogP) is 0.888. The van der Waals surface area contributed by atoms with Gasteiger partial charge in [0.15, 0.2) is 0 Å². The Labute approximate surface area is 119 Å². The Bertz CT molecular complexity index is 556. The molecule has 114 valence electrons. The summed E-state index contributed by atoms with van der Waals surface area (Å²) < 4.78 is 39.6. The van der Waals surface area contributed by atoms with Crippen molar-refractivity contribution in [3.63, 3.8) is 0 Å². The number of nitrogens with one attached hydrogen (secondary N) is 2. The van der Waals surface area contributed by atoms with Crippen molar-refractivity contribution in [3.8, 4) is 0 Å². The summed E-state index contributed by atoms with van der Waals surface area (Å²) in [5.74, 6) is -1.22. The number of anilines is 1. The van der Waals surface area contributed by atoms with Crippen LogP contribution in [0.5, 0.6) is 0 Å². The summed E-state index contributed by atoms with van der Waals surface area (Å²) in [7, 11) is 1.63. The summed E-state index contributed by atoms with van der Waals surface area (Å²) in [5, 5.41) is 4.83. The maximum absolute atomic E-state index is 13.2. The van der Waals surface area contributed by atoms with Crippen molar-refractivity contribution >= 4 is 17.5 Å². The molecule has 2 rings (SSSR count). The maximum Gasteiger partial charge on any atom is 0.418 e. The van der Waals surface area contributed by atoms with E-state index < -0.39 is 23.6 Å². The zero-order valence-electron chi connectivity index (χ0n) is 11.3. The first-order chi connectivity index (χ1) is 9.81. The van der Waals surface area contributed by atoms with E-state index in [2.05, 4.69) is 10.6 Å². The van der Waals surface area contributed by atoms with Crippen molar-refractivity contribution < 1.29 is 22.8 Å². The number of hydrogen-bond acceptors (Lipinski definition) is 4. The average Bonchev–Trinajstić information content (AvgIpc) is 2.37. The molecule has 8 heteroatoms. The summed E-state index contributed by atoms with van der Waals surface area (Å²) in [4.78, 5) is 23.8. The Morgan fingerprint density at radius 3 is 2.38 bits per heavy atom. The molecule has 0 saturated carbocycles. The normalized spacial score (nSPS) is 16.1. The van der Waals surface area contributed by atoms with Crippen molar-refractivity contribution in [1.29, 1.82) is 0 Å². The van der Waals surface area contributed by atoms with E-state index in [9.17, 15) is 22.8 Å². The number of carbonyl (C=O) groups is 2. The molecule has 21 heavy (non-hydrogen) atoms. The smallest absolute Gasteiger partial charge is 0.352 e. The second kappa shape index (κ2) is 5.72. The van der Waals surface area contributed by atoms with Crippen LogP contribution in [-0.4, -0.2) is 32.0 Å². The number of piperazine rings is 1. The van der Waals surface area contributed by atoms with Crippen LogP contribution in [0.4, 0.5) is 18.9 Å². The largest absolute Gasteiger partial charge is 0.418 e. The first-order valence-electron chi connectivity index (χ1n) is 6.23. The zero-order valence-corrected chi connectivity index (χ0v) is 11.3. The van der Waals surface area contributed by atoms with Crippen molar-refractivity contribution in [2.75, 3.05) is 25.0 Å². The van der Waals surface area contributed by atoms with Crippen LogP contribution < -0.4 is 15.5 Å². The minimum atomic E-state index is -4.56. The molecule has 5 nitrogen and oxygen atoms in total. The number of carbonyl (C=O) groups excluding carboxylic acids is 2. The van der Waals surface area contributed by atoms with Gasteiger partial charge in [0.05, 0.1) is 18.7 Å². The fourth-order valence-corrected chi connectivity index (χ4v) is 2.21. The Morgan fingerprint density at radius 1 is 1.24 bits per heavy atom. The SMILES string of the molecule is CNCc1ccc(N2CC(=O)NC(=O)C2)c(C(F)(F)F)c1. The van der Waals surface area contributed by atoms with Gasteiger partial charge in [-0.3, -0.25) is 14.9 Å². The van der Waals surface area contributed by atoms with Crippen molar-refractivity contribution in [3.05, 3.63) is 29.3 Å². The van der Waals surface area contributed by atoms with Gasteiger partial charge < -0.3 is 10.2 Å². The standard InChI is InChI=1S/C13H14F3N3O2/c1-17-5-8-2-3-10(9(4-8)13(14,15)16)19-6-11(20)18-12(21)7-19/h2-4,17H,5-7H2,1H3,(H,18,20,21). The van der Waals surface area contributed by atoms with Crippen LogP contribution in [0, 0.1) is 0 Å². The number of hydrogen-bond donors (Lipinski definition) is 2. The minimum Gasteiger partial charge on any atom is -0.352 e. The average molecular weight is 301 g/mol. The van der Waals surface area contributed by atoms with Gasteiger partial charge in [-0.05, 0) is 24.7 Å². The molecule has 1 heterocycles. The molecule has 1 saturated heterocycles. The van der Waals surface area contributed by atoms with Gasteiger partial charge in [-0.15, -0.1) is 0 Å². The summed E-state index contributed by atoms with van der Waals surface area (Å²) in [6.07, 6.45) is -4.56. The van der Waals surface area contributed by atoms with Gasteiger partial charge >= 0.3 is 6.18 Å². The fourth-order valence-electron chi connectivity index (χ4n) is 2.21. The van der Waals surface area contributed by atoms with Gasteiger partial charge in [0.2, 0.25) is 11.8 Å². The van der Waals surface area contributed by atoms with Crippen molar-refractivity contribution in [1.82, 2.24) is 10.6 Å². The molecule has 0 spiro atoms. The van der Waals surface area contributed by atoms with Gasteiger partial charge in [0, 0.05) is 12.2 Å². The molecule has 1 aliphatic rings. The van der Waals surface area contributed by atoms with Crippen LogP contribution in [0.15, 0.2) is 18.2 Å². The number of imide groups is 1. The van der Waals surface area contributed by atoms with E-state index in [-0.39, 0.29) is 18.8 Å². The van der Waals surface area contributed by atoms with E-state index >= 15 is 0 Å². The Hall–Kier alpha value is -2.09. The monoisotopic (exact) mass is 301 g/mol. The Kier molecular flexibility index (Phi) is 4.17. The summed E-state index contributed by atoms with van der Waals surface area (Å²) in [5.41, 5.74) is -0.537. The molecule has 0 unspecified atom stereocenters. The molecular formula is C13H14F3N3O2. The molecule has 1 aromatic rings. The molecule has 0 aromatic heterocycles. The van der Waals surface area contributed by atoms with Crippen LogP contribution in [0.25, 0.3) is 0 Å². The number of benzene rings is 1. The number of nitrogens with zero attached hydrogens (tertiary/aromatic N) is 1. The second-order valence-electron chi connectivity index (χ2n) is 4.71. The van der Waals surface area contributed by atoms with E-state index in [0.717, 1.165) is 11.0 Å². The first-order valence-corrected chi connectivity index (χ1v) is 6.23. The lowest BCUT2D eigenvalue weighted by atomic mass is 10.1. The van der Waals surface area contributed by atoms with Crippen LogP contribution in [0.2, 0.25) is 0 Å². The molecule has 1 aliphatic heterocycles. The lowest BCUT2D eigenvalue weighted by Crippen LogP contribution is -2.52. The summed E-state index contributed by atoms with van der Waals surface area (Å²) in [6, 6.07) is 3.86. The molecule has 2 amide bonds. The first kappa shape index (κ1) is 15.3. The number of amides is 2. The molecule has 1 fully saturated rings. The summed E-state index contributed by atoms with van der Waals surface area (Å²) >= 11 is 0. The van der Waals surface area contributed by atoms with E-state index in [1.165, 1.54) is 12.1 Å². The Balaban J connectivity index is 2.42. The highest BCUT2D eigenvalue weighted by Gasteiger charge is 2.36. The van der Waals surface area contributed by atoms with Gasteiger partial charge in [0.25, 0.3) is 0 Å². The molecule has 0 aliphatic carbocycles. The van der Waals surface area contributed by atoms with Crippen LogP contribution in [0.3, 0.4) is 0 Å². The van der Waals surface area contributed by atoms with Crippen LogP contribution in [0.1, 0.15) is 11.1 Å². The third-order valence-electron chi connectivity index (χ3n) is 3.04. The molecule has 2 N–H and O–H groups in total. The zero-order chi connectivity index (χ0) is 15.6. The number of rotatable bonds is 3. The third kappa shape index (κ3) is 3.52. The minimum absolute atomic E-state index is 0.162. The predicted molar refractivity (Wildman–Crippen MR) is 69.6 cm³/mol. The van der Waals surface area contributed by atoms with Gasteiger partial charge in [0.1, 0.15) is 0 Å². The van der Waals surface area contributed by atoms with E-state index in [4.69, 9.17) is 0 Å². The highest BCUT2D eigenvalue weighted by atomic mass is 19.4. The second-order valence-corrected chi connectivity index (χ2v) is 4.71. The highest BCUT2D eigenvalue weighted by Crippen LogP contribution is 2.37. The van der Waals surface area contributed by atoms with Crippen molar-refractivity contribution in [2.24, 2.45) is 0 Å². The third-order valence-corrected chi connectivity index (χ3v) is 3.04. The molecular weight excluding hydrogens is 287 g/mol. The lowest BCUT2D eigenvalue weighted by Gasteiger charge is -2.30. The molecule has 0 bridgehead atoms. The van der Waals surface area contributed by atoms with Crippen LogP contribution >= 0.6 is 0 Å². The summed E-state index contributed by atoms with van der Waals surface area (Å²) in [6.45, 7) is -0.261. The van der Waals surface area contributed by atoms with Gasteiger partial charge in [-0.2, -0.15) is 13.2 Å². The number of halogens is 3. The maximum atomic E-state index is 13.2. The van der Waals surface area contributed by atoms with E-state index in [1.54, 1.807) is 7.05 Å². The lowest BCUT2D eigenvalue weighted by molar-refractivity contribution is -0.138. The van der Waals surface area contributed by atoms with Crippen LogP contribution in [-0.2, 0) is 22.3 Å². The highest BCUT2D eigenvalue weighted by molar-refractivity contribution is 6.02. The Morgan fingerprint density at radius 2 is 1.86 bits per heavy atom. The van der Waals surface area contributed by atoms with E-state index in [1.807, 2.05) is 0 Å². The molecule has 1 aromatic carbocycles. The topological polar surface area (TPSA) is 61.4 Å². The molecule has 0 radical (unpaired) electrons. The van der Waals surface area contributed by atoms with Gasteiger partial charge in [-0.25, -0.2) is 0 Å². The van der Waals surface area contributed by atoms with E-state index in [0.29, 0.717) is 12.1 Å². The fraction of sp³-hybridized carbons (Fsp3) is 0.385.